The molecule has 0 saturated carbocycles. The number of halogens is 1. The minimum Gasteiger partial charge on any atom is -0.480 e. The first kappa shape index (κ1) is 14.8. The van der Waals surface area contributed by atoms with Gasteiger partial charge in [0.2, 0.25) is 0 Å². The predicted octanol–water partition coefficient (Wildman–Crippen LogP) is 0.541. The number of nitrogens with one attached hydrogen (secondary N) is 1. The van der Waals surface area contributed by atoms with Crippen molar-refractivity contribution in [2.45, 2.75) is 6.42 Å². The highest BCUT2D eigenvalue weighted by Crippen LogP contribution is 2.03. The van der Waals surface area contributed by atoms with E-state index < -0.39 is 5.97 Å². The normalized spacial score (nSPS) is 17.1. The molecule has 18 heavy (non-hydrogen) atoms. The standard InChI is InChI=1S/C11H18ClN3O3/c1-9(12)7-13-11(18)15-4-2-3-14(5-6-15)8-10(16)17/h1-8H2,(H,13,18)(H,16,17). The number of carbonyl (C=O) groups is 2. The Labute approximate surface area is 111 Å². The van der Waals surface area contributed by atoms with E-state index in [4.69, 9.17) is 16.7 Å². The molecule has 1 aliphatic rings. The topological polar surface area (TPSA) is 72.9 Å². The maximum atomic E-state index is 11.8. The zero-order valence-electron chi connectivity index (χ0n) is 10.2. The van der Waals surface area contributed by atoms with Crippen LogP contribution < -0.4 is 5.32 Å². The fourth-order valence-electron chi connectivity index (χ4n) is 1.81. The van der Waals surface area contributed by atoms with Crippen LogP contribution in [0.5, 0.6) is 0 Å². The molecule has 0 aromatic carbocycles. The molecule has 7 heteroatoms. The number of nitrogens with zero attached hydrogens (tertiary/aromatic N) is 2. The SMILES string of the molecule is C=C(Cl)CNC(=O)N1CCCN(CC(=O)O)CC1. The molecule has 1 fully saturated rings. The van der Waals surface area contributed by atoms with Gasteiger partial charge in [0.05, 0.1) is 13.1 Å². The molecule has 0 spiro atoms. The number of rotatable bonds is 4. The monoisotopic (exact) mass is 275 g/mol. The van der Waals surface area contributed by atoms with E-state index in [-0.39, 0.29) is 19.1 Å². The van der Waals surface area contributed by atoms with Crippen LogP contribution in [0.4, 0.5) is 4.79 Å². The maximum absolute atomic E-state index is 11.8. The second kappa shape index (κ2) is 7.23. The largest absolute Gasteiger partial charge is 0.480 e. The molecule has 6 nitrogen and oxygen atoms in total. The van der Waals surface area contributed by atoms with Crippen LogP contribution >= 0.6 is 11.6 Å². The summed E-state index contributed by atoms with van der Waals surface area (Å²) in [5, 5.41) is 11.8. The van der Waals surface area contributed by atoms with Gasteiger partial charge in [-0.1, -0.05) is 18.2 Å². The first-order chi connectivity index (χ1) is 8.49. The lowest BCUT2D eigenvalue weighted by atomic mass is 10.4. The molecule has 1 rings (SSSR count). The number of urea groups is 1. The molecule has 102 valence electrons. The number of carbonyl (C=O) groups excluding carboxylic acids is 1. The third-order valence-electron chi connectivity index (χ3n) is 2.67. The van der Waals surface area contributed by atoms with Crippen LogP contribution in [-0.2, 0) is 4.79 Å². The molecule has 0 aromatic rings. The Morgan fingerprint density at radius 2 is 2.00 bits per heavy atom. The van der Waals surface area contributed by atoms with Gasteiger partial charge in [0.1, 0.15) is 0 Å². The average Bonchev–Trinajstić information content (AvgIpc) is 2.50. The quantitative estimate of drug-likeness (QED) is 0.786. The second-order valence-corrected chi connectivity index (χ2v) is 4.72. The van der Waals surface area contributed by atoms with Gasteiger partial charge in [-0.2, -0.15) is 0 Å². The van der Waals surface area contributed by atoms with Crippen LogP contribution in [0.1, 0.15) is 6.42 Å². The molecule has 0 radical (unpaired) electrons. The van der Waals surface area contributed by atoms with Crippen LogP contribution in [0, 0.1) is 0 Å². The summed E-state index contributed by atoms with van der Waals surface area (Å²) < 4.78 is 0. The van der Waals surface area contributed by atoms with Gasteiger partial charge in [0.25, 0.3) is 0 Å². The predicted molar refractivity (Wildman–Crippen MR) is 68.7 cm³/mol. The smallest absolute Gasteiger partial charge is 0.317 e. The summed E-state index contributed by atoms with van der Waals surface area (Å²) in [6.07, 6.45) is 0.766. The molecular formula is C11H18ClN3O3. The van der Waals surface area contributed by atoms with E-state index in [1.807, 2.05) is 4.90 Å². The van der Waals surface area contributed by atoms with Gasteiger partial charge < -0.3 is 15.3 Å². The van der Waals surface area contributed by atoms with Crippen molar-refractivity contribution >= 4 is 23.6 Å². The highest BCUT2D eigenvalue weighted by Gasteiger charge is 2.19. The number of carboxylic acids is 1. The van der Waals surface area contributed by atoms with Crippen LogP contribution in [0.2, 0.25) is 0 Å². The van der Waals surface area contributed by atoms with Crippen LogP contribution in [-0.4, -0.2) is 66.2 Å². The number of aliphatic carboxylic acids is 1. The Morgan fingerprint density at radius 1 is 1.28 bits per heavy atom. The summed E-state index contributed by atoms with van der Waals surface area (Å²) in [5.41, 5.74) is 0. The van der Waals surface area contributed by atoms with Gasteiger partial charge in [-0.3, -0.25) is 9.69 Å². The summed E-state index contributed by atoms with van der Waals surface area (Å²) in [6, 6.07) is -0.186. The first-order valence-corrected chi connectivity index (χ1v) is 6.17. The molecule has 0 aliphatic carbocycles. The molecule has 1 saturated heterocycles. The Kier molecular flexibility index (Phi) is 5.94. The van der Waals surface area contributed by atoms with Gasteiger partial charge in [0.15, 0.2) is 0 Å². The number of carboxylic acid groups (broad SMARTS) is 1. The molecule has 2 amide bonds. The lowest BCUT2D eigenvalue weighted by molar-refractivity contribution is -0.138. The van der Waals surface area contributed by atoms with Gasteiger partial charge in [0, 0.05) is 31.2 Å². The molecule has 0 unspecified atom stereocenters. The lowest BCUT2D eigenvalue weighted by Crippen LogP contribution is -2.42. The lowest BCUT2D eigenvalue weighted by Gasteiger charge is -2.21. The Morgan fingerprint density at radius 3 is 2.61 bits per heavy atom. The van der Waals surface area contributed by atoms with Gasteiger partial charge in [-0.05, 0) is 6.42 Å². The fraction of sp³-hybridized carbons (Fsp3) is 0.636. The van der Waals surface area contributed by atoms with Gasteiger partial charge >= 0.3 is 12.0 Å². The highest BCUT2D eigenvalue weighted by atomic mass is 35.5. The zero-order valence-corrected chi connectivity index (χ0v) is 10.9. The van der Waals surface area contributed by atoms with Crippen molar-refractivity contribution in [3.8, 4) is 0 Å². The molecule has 0 aromatic heterocycles. The molecule has 1 heterocycles. The van der Waals surface area contributed by atoms with E-state index >= 15 is 0 Å². The summed E-state index contributed by atoms with van der Waals surface area (Å²) >= 11 is 5.57. The number of hydrogen-bond acceptors (Lipinski definition) is 3. The van der Waals surface area contributed by atoms with Crippen molar-refractivity contribution < 1.29 is 14.7 Å². The number of amides is 2. The Balaban J connectivity index is 2.38. The summed E-state index contributed by atoms with van der Waals surface area (Å²) in [6.45, 7) is 6.17. The van der Waals surface area contributed by atoms with E-state index in [0.717, 1.165) is 6.42 Å². The summed E-state index contributed by atoms with van der Waals surface area (Å²) in [5.74, 6) is -0.841. The molecule has 1 aliphatic heterocycles. The van der Waals surface area contributed by atoms with E-state index in [9.17, 15) is 9.59 Å². The van der Waals surface area contributed by atoms with Crippen LogP contribution in [0.3, 0.4) is 0 Å². The Bertz CT molecular complexity index is 335. The van der Waals surface area contributed by atoms with Crippen molar-refractivity contribution in [2.75, 3.05) is 39.3 Å². The second-order valence-electron chi connectivity index (χ2n) is 4.19. The van der Waals surface area contributed by atoms with E-state index in [0.29, 0.717) is 31.2 Å². The van der Waals surface area contributed by atoms with Crippen LogP contribution in [0.15, 0.2) is 11.6 Å². The fourth-order valence-corrected chi connectivity index (χ4v) is 1.87. The third kappa shape index (κ3) is 5.37. The number of hydrogen-bond donors (Lipinski definition) is 2. The summed E-state index contributed by atoms with van der Waals surface area (Å²) in [7, 11) is 0. The van der Waals surface area contributed by atoms with Crippen molar-refractivity contribution in [1.29, 1.82) is 0 Å². The minimum absolute atomic E-state index is 0.0218. The minimum atomic E-state index is -0.841. The molecular weight excluding hydrogens is 258 g/mol. The Hall–Kier alpha value is -1.27. The average molecular weight is 276 g/mol. The first-order valence-electron chi connectivity index (χ1n) is 5.79. The summed E-state index contributed by atoms with van der Waals surface area (Å²) in [4.78, 5) is 25.9. The highest BCUT2D eigenvalue weighted by molar-refractivity contribution is 6.29. The van der Waals surface area contributed by atoms with E-state index in [2.05, 4.69) is 11.9 Å². The zero-order chi connectivity index (χ0) is 13.5. The molecule has 2 N–H and O–H groups in total. The van der Waals surface area contributed by atoms with E-state index in [1.165, 1.54) is 0 Å². The van der Waals surface area contributed by atoms with Crippen molar-refractivity contribution in [3.05, 3.63) is 11.6 Å². The van der Waals surface area contributed by atoms with Crippen LogP contribution in [0.25, 0.3) is 0 Å². The van der Waals surface area contributed by atoms with Crippen molar-refractivity contribution in [2.24, 2.45) is 0 Å². The third-order valence-corrected chi connectivity index (χ3v) is 2.80. The van der Waals surface area contributed by atoms with Crippen molar-refractivity contribution in [1.82, 2.24) is 15.1 Å². The molecule has 0 bridgehead atoms. The molecule has 0 atom stereocenters. The van der Waals surface area contributed by atoms with Crippen molar-refractivity contribution in [3.63, 3.8) is 0 Å². The van der Waals surface area contributed by atoms with Gasteiger partial charge in [-0.25, -0.2) is 4.79 Å². The van der Waals surface area contributed by atoms with Gasteiger partial charge in [-0.15, -0.1) is 0 Å². The van der Waals surface area contributed by atoms with E-state index in [1.54, 1.807) is 4.90 Å². The maximum Gasteiger partial charge on any atom is 0.317 e.